The molecule has 0 aromatic heterocycles. The summed E-state index contributed by atoms with van der Waals surface area (Å²) in [4.78, 5) is 12.2. The standard InChI is InChI=1S/C16H14ClF2NO3/c1-22-14-7-4-11(17)8-13(14)15(21)20-9-10-2-5-12(6-3-10)23-16(18)19/h2-8,16H,9H2,1H3,(H,20,21). The van der Waals surface area contributed by atoms with Gasteiger partial charge < -0.3 is 14.8 Å². The summed E-state index contributed by atoms with van der Waals surface area (Å²) < 4.78 is 33.5. The maximum atomic E-state index is 12.2. The van der Waals surface area contributed by atoms with Crippen LogP contribution in [-0.4, -0.2) is 19.6 Å². The molecule has 0 saturated heterocycles. The van der Waals surface area contributed by atoms with Crippen molar-refractivity contribution in [3.8, 4) is 11.5 Å². The van der Waals surface area contributed by atoms with Crippen LogP contribution >= 0.6 is 11.6 Å². The van der Waals surface area contributed by atoms with Crippen LogP contribution in [0.25, 0.3) is 0 Å². The van der Waals surface area contributed by atoms with Crippen molar-refractivity contribution in [2.45, 2.75) is 13.2 Å². The second-order valence-corrected chi connectivity index (χ2v) is 4.99. The Balaban J connectivity index is 2.00. The van der Waals surface area contributed by atoms with Gasteiger partial charge in [0.15, 0.2) is 0 Å². The van der Waals surface area contributed by atoms with Gasteiger partial charge in [-0.25, -0.2) is 0 Å². The molecule has 0 saturated carbocycles. The molecular formula is C16H14ClF2NO3. The predicted molar refractivity (Wildman–Crippen MR) is 82.2 cm³/mol. The highest BCUT2D eigenvalue weighted by Crippen LogP contribution is 2.22. The van der Waals surface area contributed by atoms with Gasteiger partial charge in [0.2, 0.25) is 0 Å². The fraction of sp³-hybridized carbons (Fsp3) is 0.188. The number of carbonyl (C=O) groups is 1. The Hall–Kier alpha value is -2.34. The van der Waals surface area contributed by atoms with E-state index in [0.717, 1.165) is 5.56 Å². The molecule has 0 fully saturated rings. The molecule has 0 atom stereocenters. The molecule has 0 radical (unpaired) electrons. The third kappa shape index (κ3) is 4.82. The molecule has 2 rings (SSSR count). The number of carbonyl (C=O) groups excluding carboxylic acids is 1. The molecule has 0 aliphatic carbocycles. The largest absolute Gasteiger partial charge is 0.496 e. The number of halogens is 3. The number of nitrogens with one attached hydrogen (secondary N) is 1. The molecule has 1 N–H and O–H groups in total. The zero-order chi connectivity index (χ0) is 16.8. The van der Waals surface area contributed by atoms with Crippen molar-refractivity contribution < 1.29 is 23.0 Å². The second-order valence-electron chi connectivity index (χ2n) is 4.55. The van der Waals surface area contributed by atoms with Gasteiger partial charge in [-0.3, -0.25) is 4.79 Å². The van der Waals surface area contributed by atoms with E-state index in [1.165, 1.54) is 25.3 Å². The van der Waals surface area contributed by atoms with Crippen LogP contribution in [0.3, 0.4) is 0 Å². The molecule has 4 nitrogen and oxygen atoms in total. The minimum Gasteiger partial charge on any atom is -0.496 e. The number of rotatable bonds is 6. The topological polar surface area (TPSA) is 47.6 Å². The molecule has 0 aliphatic heterocycles. The first-order valence-electron chi connectivity index (χ1n) is 6.65. The Morgan fingerprint density at radius 3 is 2.52 bits per heavy atom. The fourth-order valence-electron chi connectivity index (χ4n) is 1.92. The Morgan fingerprint density at radius 1 is 1.22 bits per heavy atom. The summed E-state index contributed by atoms with van der Waals surface area (Å²) >= 11 is 5.88. The number of amides is 1. The van der Waals surface area contributed by atoms with E-state index in [-0.39, 0.29) is 18.2 Å². The lowest BCUT2D eigenvalue weighted by Gasteiger charge is -2.10. The molecule has 2 aromatic rings. The molecule has 0 spiro atoms. The summed E-state index contributed by atoms with van der Waals surface area (Å²) in [6.45, 7) is -2.64. The van der Waals surface area contributed by atoms with Crippen LogP contribution < -0.4 is 14.8 Å². The predicted octanol–water partition coefficient (Wildman–Crippen LogP) is 3.88. The number of methoxy groups -OCH3 is 1. The minimum absolute atomic E-state index is 0.0617. The Morgan fingerprint density at radius 2 is 1.91 bits per heavy atom. The van der Waals surface area contributed by atoms with Gasteiger partial charge in [-0.15, -0.1) is 0 Å². The van der Waals surface area contributed by atoms with Crippen molar-refractivity contribution in [2.75, 3.05) is 7.11 Å². The van der Waals surface area contributed by atoms with E-state index in [9.17, 15) is 13.6 Å². The summed E-state index contributed by atoms with van der Waals surface area (Å²) in [6, 6.07) is 10.7. The average molecular weight is 342 g/mol. The maximum Gasteiger partial charge on any atom is 0.387 e. The van der Waals surface area contributed by atoms with Crippen molar-refractivity contribution >= 4 is 17.5 Å². The Kier molecular flexibility index (Phi) is 5.76. The van der Waals surface area contributed by atoms with Gasteiger partial charge in [0.1, 0.15) is 11.5 Å². The molecule has 122 valence electrons. The van der Waals surface area contributed by atoms with E-state index in [1.807, 2.05) is 0 Å². The minimum atomic E-state index is -2.86. The van der Waals surface area contributed by atoms with Gasteiger partial charge in [0, 0.05) is 11.6 Å². The van der Waals surface area contributed by atoms with E-state index in [2.05, 4.69) is 10.1 Å². The first-order valence-corrected chi connectivity index (χ1v) is 7.03. The molecule has 0 bridgehead atoms. The lowest BCUT2D eigenvalue weighted by molar-refractivity contribution is -0.0498. The van der Waals surface area contributed by atoms with E-state index in [4.69, 9.17) is 16.3 Å². The molecule has 0 aliphatic rings. The van der Waals surface area contributed by atoms with Crippen molar-refractivity contribution in [3.05, 3.63) is 58.6 Å². The van der Waals surface area contributed by atoms with Gasteiger partial charge in [-0.2, -0.15) is 8.78 Å². The number of ether oxygens (including phenoxy) is 2. The smallest absolute Gasteiger partial charge is 0.387 e. The quantitative estimate of drug-likeness (QED) is 0.867. The van der Waals surface area contributed by atoms with Gasteiger partial charge in [-0.1, -0.05) is 23.7 Å². The lowest BCUT2D eigenvalue weighted by atomic mass is 10.1. The fourth-order valence-corrected chi connectivity index (χ4v) is 2.10. The number of alkyl halides is 2. The zero-order valence-corrected chi connectivity index (χ0v) is 12.9. The normalized spacial score (nSPS) is 10.5. The van der Waals surface area contributed by atoms with Gasteiger partial charge in [0.05, 0.1) is 12.7 Å². The number of hydrogen-bond donors (Lipinski definition) is 1. The molecule has 23 heavy (non-hydrogen) atoms. The van der Waals surface area contributed by atoms with E-state index < -0.39 is 6.61 Å². The third-order valence-corrected chi connectivity index (χ3v) is 3.24. The summed E-state index contributed by atoms with van der Waals surface area (Å²) in [5, 5.41) is 3.13. The zero-order valence-electron chi connectivity index (χ0n) is 12.2. The maximum absolute atomic E-state index is 12.2. The van der Waals surface area contributed by atoms with Crippen molar-refractivity contribution in [2.24, 2.45) is 0 Å². The SMILES string of the molecule is COc1ccc(Cl)cc1C(=O)NCc1ccc(OC(F)F)cc1. The summed E-state index contributed by atoms with van der Waals surface area (Å²) in [7, 11) is 1.46. The Bertz CT molecular complexity index is 678. The van der Waals surface area contributed by atoms with Gasteiger partial charge >= 0.3 is 6.61 Å². The van der Waals surface area contributed by atoms with Crippen LogP contribution in [0, 0.1) is 0 Å². The highest BCUT2D eigenvalue weighted by Gasteiger charge is 2.12. The highest BCUT2D eigenvalue weighted by molar-refractivity contribution is 6.31. The number of hydrogen-bond acceptors (Lipinski definition) is 3. The van der Waals surface area contributed by atoms with E-state index in [1.54, 1.807) is 24.3 Å². The van der Waals surface area contributed by atoms with Crippen LogP contribution in [0.1, 0.15) is 15.9 Å². The van der Waals surface area contributed by atoms with Crippen LogP contribution in [0.15, 0.2) is 42.5 Å². The first kappa shape index (κ1) is 17.0. The molecule has 1 amide bonds. The summed E-state index contributed by atoms with van der Waals surface area (Å²) in [5.41, 5.74) is 1.05. The van der Waals surface area contributed by atoms with Crippen molar-refractivity contribution in [1.82, 2.24) is 5.32 Å². The van der Waals surface area contributed by atoms with Crippen molar-refractivity contribution in [3.63, 3.8) is 0 Å². The molecular weight excluding hydrogens is 328 g/mol. The third-order valence-electron chi connectivity index (χ3n) is 3.01. The molecule has 2 aromatic carbocycles. The summed E-state index contributed by atoms with van der Waals surface area (Å²) in [5.74, 6) is 0.122. The van der Waals surface area contributed by atoms with E-state index >= 15 is 0 Å². The molecule has 0 unspecified atom stereocenters. The van der Waals surface area contributed by atoms with Crippen LogP contribution in [-0.2, 0) is 6.54 Å². The summed E-state index contributed by atoms with van der Waals surface area (Å²) in [6.07, 6.45) is 0. The monoisotopic (exact) mass is 341 g/mol. The lowest BCUT2D eigenvalue weighted by Crippen LogP contribution is -2.23. The Labute approximate surface area is 137 Å². The van der Waals surface area contributed by atoms with Crippen molar-refractivity contribution in [1.29, 1.82) is 0 Å². The highest BCUT2D eigenvalue weighted by atomic mass is 35.5. The first-order chi connectivity index (χ1) is 11.0. The second kappa shape index (κ2) is 7.78. The van der Waals surface area contributed by atoms with Crippen LogP contribution in [0.2, 0.25) is 5.02 Å². The van der Waals surface area contributed by atoms with Gasteiger partial charge in [-0.05, 0) is 35.9 Å². The van der Waals surface area contributed by atoms with Gasteiger partial charge in [0.25, 0.3) is 5.91 Å². The average Bonchev–Trinajstić information content (AvgIpc) is 2.53. The van der Waals surface area contributed by atoms with Crippen LogP contribution in [0.4, 0.5) is 8.78 Å². The molecule has 0 heterocycles. The van der Waals surface area contributed by atoms with Crippen LogP contribution in [0.5, 0.6) is 11.5 Å². The van der Waals surface area contributed by atoms with E-state index in [0.29, 0.717) is 16.3 Å². The number of benzene rings is 2. The molecule has 7 heteroatoms.